The lowest BCUT2D eigenvalue weighted by Crippen LogP contribution is -2.40. The molecule has 40 heavy (non-hydrogen) atoms. The van der Waals surface area contributed by atoms with Gasteiger partial charge in [0.2, 0.25) is 0 Å². The van der Waals surface area contributed by atoms with Crippen molar-refractivity contribution in [3.05, 3.63) is 83.4 Å². The molecule has 1 aliphatic rings. The van der Waals surface area contributed by atoms with E-state index in [-0.39, 0.29) is 19.0 Å². The van der Waals surface area contributed by atoms with Crippen LogP contribution in [0.4, 0.5) is 5.69 Å². The van der Waals surface area contributed by atoms with Crippen LogP contribution in [-0.4, -0.2) is 48.0 Å². The lowest BCUT2D eigenvalue weighted by atomic mass is 9.66. The average Bonchev–Trinajstić information content (AvgIpc) is 2.98. The number of aryl methyl sites for hydroxylation is 1. The number of benzene rings is 3. The number of methoxy groups -OCH3 is 2. The predicted molar refractivity (Wildman–Crippen MR) is 161 cm³/mol. The summed E-state index contributed by atoms with van der Waals surface area (Å²) >= 11 is 0. The molecule has 1 aliphatic heterocycles. The minimum absolute atomic E-state index is 0.173. The van der Waals surface area contributed by atoms with E-state index in [1.165, 1.54) is 22.4 Å². The van der Waals surface area contributed by atoms with Crippen molar-refractivity contribution in [2.24, 2.45) is 0 Å². The third-order valence-electron chi connectivity index (χ3n) is 8.00. The SMILES string of the molecule is CCCN(C)c1ccc(CCCC[C@@H]2c3ccc(OCOC)cc3OC[C@]2(C)c2ccc(OCOC)cc2)cc1. The summed E-state index contributed by atoms with van der Waals surface area (Å²) in [6.07, 6.45) is 5.59. The Morgan fingerprint density at radius 3 is 2.23 bits per heavy atom. The lowest BCUT2D eigenvalue weighted by molar-refractivity contribution is 0.0505. The number of rotatable bonds is 15. The number of hydrogen-bond donors (Lipinski definition) is 0. The maximum atomic E-state index is 6.39. The first-order valence-electron chi connectivity index (χ1n) is 14.4. The Balaban J connectivity index is 1.49. The van der Waals surface area contributed by atoms with Gasteiger partial charge in [-0.05, 0) is 72.7 Å². The van der Waals surface area contributed by atoms with E-state index in [4.69, 9.17) is 23.7 Å². The van der Waals surface area contributed by atoms with Gasteiger partial charge in [0.15, 0.2) is 13.6 Å². The maximum Gasteiger partial charge on any atom is 0.188 e. The van der Waals surface area contributed by atoms with Gasteiger partial charge in [0.25, 0.3) is 0 Å². The second kappa shape index (κ2) is 14.4. The normalized spacial score (nSPS) is 18.1. The smallest absolute Gasteiger partial charge is 0.188 e. The van der Waals surface area contributed by atoms with Gasteiger partial charge in [0.05, 0.1) is 6.61 Å². The van der Waals surface area contributed by atoms with Gasteiger partial charge in [-0.25, -0.2) is 0 Å². The van der Waals surface area contributed by atoms with Crippen molar-refractivity contribution in [1.29, 1.82) is 0 Å². The summed E-state index contributed by atoms with van der Waals surface area (Å²) in [5.74, 6) is 2.77. The highest BCUT2D eigenvalue weighted by Crippen LogP contribution is 2.50. The van der Waals surface area contributed by atoms with E-state index in [2.05, 4.69) is 68.3 Å². The van der Waals surface area contributed by atoms with Gasteiger partial charge >= 0.3 is 0 Å². The highest BCUT2D eigenvalue weighted by atomic mass is 16.7. The van der Waals surface area contributed by atoms with Gasteiger partial charge in [0, 0.05) is 50.9 Å². The zero-order chi connectivity index (χ0) is 28.4. The Morgan fingerprint density at radius 2 is 1.55 bits per heavy atom. The fraction of sp³-hybridized carbons (Fsp3) is 0.471. The van der Waals surface area contributed by atoms with Crippen LogP contribution in [0.5, 0.6) is 17.2 Å². The van der Waals surface area contributed by atoms with Crippen LogP contribution in [0, 0.1) is 0 Å². The third-order valence-corrected chi connectivity index (χ3v) is 8.00. The second-order valence-corrected chi connectivity index (χ2v) is 10.9. The van der Waals surface area contributed by atoms with E-state index < -0.39 is 0 Å². The molecule has 3 aromatic rings. The molecule has 0 saturated carbocycles. The van der Waals surface area contributed by atoms with Gasteiger partial charge < -0.3 is 28.6 Å². The number of fused-ring (bicyclic) bond motifs is 1. The molecule has 0 amide bonds. The zero-order valence-electron chi connectivity index (χ0n) is 24.8. The standard InChI is InChI=1S/C34H45NO5/c1-6-21-35(3)28-15-11-26(12-16-28)9-7-8-10-32-31-20-19-30(40-25-37-5)22-33(31)38-23-34(32,2)27-13-17-29(18-14-27)39-24-36-4/h11-20,22,32H,6-10,21,23-25H2,1-5H3/t32-,34-/m1/s1. The highest BCUT2D eigenvalue weighted by Gasteiger charge is 2.42. The van der Waals surface area contributed by atoms with Gasteiger partial charge in [0.1, 0.15) is 17.2 Å². The van der Waals surface area contributed by atoms with Crippen LogP contribution in [0.1, 0.15) is 62.1 Å². The minimum Gasteiger partial charge on any atom is -0.492 e. The quantitative estimate of drug-likeness (QED) is 0.147. The molecule has 4 rings (SSSR count). The van der Waals surface area contributed by atoms with Crippen LogP contribution in [-0.2, 0) is 21.3 Å². The lowest BCUT2D eigenvalue weighted by Gasteiger charge is -2.43. The molecule has 0 unspecified atom stereocenters. The van der Waals surface area contributed by atoms with Crippen molar-refractivity contribution < 1.29 is 23.7 Å². The minimum atomic E-state index is -0.173. The number of ether oxygens (including phenoxy) is 5. The van der Waals surface area contributed by atoms with Crippen molar-refractivity contribution in [3.63, 3.8) is 0 Å². The fourth-order valence-electron chi connectivity index (χ4n) is 5.69. The molecule has 6 nitrogen and oxygen atoms in total. The molecule has 0 aliphatic carbocycles. The highest BCUT2D eigenvalue weighted by molar-refractivity contribution is 5.49. The molecule has 0 N–H and O–H groups in total. The predicted octanol–water partition coefficient (Wildman–Crippen LogP) is 7.35. The summed E-state index contributed by atoms with van der Waals surface area (Å²) in [6, 6.07) is 23.6. The summed E-state index contributed by atoms with van der Waals surface area (Å²) in [6.45, 7) is 6.67. The Morgan fingerprint density at radius 1 is 0.875 bits per heavy atom. The van der Waals surface area contributed by atoms with Crippen molar-refractivity contribution in [2.45, 2.75) is 57.3 Å². The van der Waals surface area contributed by atoms with Crippen LogP contribution in [0.3, 0.4) is 0 Å². The van der Waals surface area contributed by atoms with Crippen LogP contribution in [0.15, 0.2) is 66.7 Å². The summed E-state index contributed by atoms with van der Waals surface area (Å²) in [5, 5.41) is 0. The van der Waals surface area contributed by atoms with E-state index in [0.717, 1.165) is 55.9 Å². The van der Waals surface area contributed by atoms with E-state index in [1.54, 1.807) is 14.2 Å². The van der Waals surface area contributed by atoms with E-state index in [1.807, 2.05) is 24.3 Å². The first-order valence-corrected chi connectivity index (χ1v) is 14.4. The first kappa shape index (κ1) is 29.8. The molecular weight excluding hydrogens is 502 g/mol. The Hall–Kier alpha value is -3.22. The maximum absolute atomic E-state index is 6.39. The van der Waals surface area contributed by atoms with Crippen molar-refractivity contribution in [1.82, 2.24) is 0 Å². The van der Waals surface area contributed by atoms with Gasteiger partial charge in [-0.15, -0.1) is 0 Å². The summed E-state index contributed by atoms with van der Waals surface area (Å²) in [4.78, 5) is 2.31. The molecule has 3 aromatic carbocycles. The number of unbranched alkanes of at least 4 members (excludes halogenated alkanes) is 1. The van der Waals surface area contributed by atoms with Crippen LogP contribution in [0.25, 0.3) is 0 Å². The molecule has 0 aromatic heterocycles. The third kappa shape index (κ3) is 7.29. The van der Waals surface area contributed by atoms with Crippen molar-refractivity contribution in [2.75, 3.05) is 52.9 Å². The number of nitrogens with zero attached hydrogens (tertiary/aromatic N) is 1. The molecule has 0 radical (unpaired) electrons. The molecule has 216 valence electrons. The van der Waals surface area contributed by atoms with Crippen LogP contribution in [0.2, 0.25) is 0 Å². The van der Waals surface area contributed by atoms with E-state index in [0.29, 0.717) is 12.5 Å². The topological polar surface area (TPSA) is 49.4 Å². The van der Waals surface area contributed by atoms with E-state index in [9.17, 15) is 0 Å². The molecule has 0 bridgehead atoms. The number of anilines is 1. The van der Waals surface area contributed by atoms with Gasteiger partial charge in [-0.1, -0.05) is 50.6 Å². The Labute approximate surface area is 240 Å². The van der Waals surface area contributed by atoms with Crippen LogP contribution >= 0.6 is 0 Å². The van der Waals surface area contributed by atoms with Crippen LogP contribution < -0.4 is 19.1 Å². The molecule has 2 atom stereocenters. The Kier molecular flexibility index (Phi) is 10.7. The fourth-order valence-corrected chi connectivity index (χ4v) is 5.69. The van der Waals surface area contributed by atoms with E-state index >= 15 is 0 Å². The zero-order valence-corrected chi connectivity index (χ0v) is 24.8. The largest absolute Gasteiger partial charge is 0.492 e. The van der Waals surface area contributed by atoms with Crippen molar-refractivity contribution >= 4 is 5.69 Å². The molecular formula is C34H45NO5. The molecule has 0 fully saturated rings. The number of hydrogen-bond acceptors (Lipinski definition) is 6. The Bertz CT molecular complexity index is 1180. The first-order chi connectivity index (χ1) is 19.5. The average molecular weight is 548 g/mol. The summed E-state index contributed by atoms with van der Waals surface area (Å²) in [5.41, 5.74) is 5.00. The summed E-state index contributed by atoms with van der Waals surface area (Å²) in [7, 11) is 5.42. The molecule has 1 heterocycles. The monoisotopic (exact) mass is 547 g/mol. The van der Waals surface area contributed by atoms with Crippen molar-refractivity contribution in [3.8, 4) is 17.2 Å². The molecule has 0 spiro atoms. The molecule has 0 saturated heterocycles. The van der Waals surface area contributed by atoms with Gasteiger partial charge in [-0.2, -0.15) is 0 Å². The summed E-state index contributed by atoms with van der Waals surface area (Å²) < 4.78 is 27.8. The molecule has 6 heteroatoms. The van der Waals surface area contributed by atoms with Gasteiger partial charge in [-0.3, -0.25) is 0 Å². The second-order valence-electron chi connectivity index (χ2n) is 10.9.